The molecule has 0 saturated heterocycles. The quantitative estimate of drug-likeness (QED) is 0.650. The molecule has 3 aromatic rings. The fourth-order valence-corrected chi connectivity index (χ4v) is 2.55. The molecular weight excluding hydrogens is 234 g/mol. The lowest BCUT2D eigenvalue weighted by molar-refractivity contribution is 0.112. The molecule has 0 radical (unpaired) electrons. The van der Waals surface area contributed by atoms with E-state index in [0.29, 0.717) is 5.56 Å². The fourth-order valence-electron chi connectivity index (χ4n) is 1.70. The van der Waals surface area contributed by atoms with E-state index in [1.807, 2.05) is 23.5 Å². The standard InChI is InChI=1S/C12H9N3OS/c1-8-2-4-10(17-8)12-14-13-11-5-3-9(7-16)6-15(11)12/h2-7H,1H3. The molecule has 0 bridgehead atoms. The molecule has 3 rings (SSSR count). The van der Waals surface area contributed by atoms with Crippen LogP contribution in [0.2, 0.25) is 0 Å². The van der Waals surface area contributed by atoms with Gasteiger partial charge < -0.3 is 0 Å². The highest BCUT2D eigenvalue weighted by molar-refractivity contribution is 7.15. The Bertz CT molecular complexity index is 699. The zero-order valence-corrected chi connectivity index (χ0v) is 9.94. The van der Waals surface area contributed by atoms with Crippen LogP contribution >= 0.6 is 11.3 Å². The first-order chi connectivity index (χ1) is 8.28. The second-order valence-electron chi connectivity index (χ2n) is 3.74. The van der Waals surface area contributed by atoms with Gasteiger partial charge in [0.15, 0.2) is 17.8 Å². The van der Waals surface area contributed by atoms with Gasteiger partial charge >= 0.3 is 0 Å². The van der Waals surface area contributed by atoms with Crippen LogP contribution in [0.15, 0.2) is 30.5 Å². The molecule has 0 unspecified atom stereocenters. The average molecular weight is 243 g/mol. The van der Waals surface area contributed by atoms with E-state index in [-0.39, 0.29) is 0 Å². The summed E-state index contributed by atoms with van der Waals surface area (Å²) >= 11 is 1.66. The van der Waals surface area contributed by atoms with E-state index in [9.17, 15) is 4.79 Å². The number of aldehydes is 1. The molecule has 0 aliphatic heterocycles. The molecule has 5 heteroatoms. The molecule has 0 N–H and O–H groups in total. The van der Waals surface area contributed by atoms with Gasteiger partial charge in [-0.15, -0.1) is 21.5 Å². The van der Waals surface area contributed by atoms with Crippen LogP contribution in [-0.2, 0) is 0 Å². The maximum Gasteiger partial charge on any atom is 0.178 e. The molecule has 84 valence electrons. The Morgan fingerprint density at radius 3 is 2.82 bits per heavy atom. The average Bonchev–Trinajstić information content (AvgIpc) is 2.93. The number of nitrogens with zero attached hydrogens (tertiary/aromatic N) is 3. The minimum Gasteiger partial charge on any atom is -0.298 e. The smallest absolute Gasteiger partial charge is 0.178 e. The van der Waals surface area contributed by atoms with E-state index in [4.69, 9.17) is 0 Å². The Morgan fingerprint density at radius 1 is 1.24 bits per heavy atom. The molecule has 0 fully saturated rings. The van der Waals surface area contributed by atoms with Crippen LogP contribution in [0.25, 0.3) is 16.3 Å². The molecule has 4 nitrogen and oxygen atoms in total. The summed E-state index contributed by atoms with van der Waals surface area (Å²) in [7, 11) is 0. The number of carbonyl (C=O) groups is 1. The van der Waals surface area contributed by atoms with Gasteiger partial charge in [0.2, 0.25) is 0 Å². The van der Waals surface area contributed by atoms with Crippen LogP contribution < -0.4 is 0 Å². The lowest BCUT2D eigenvalue weighted by Gasteiger charge is -1.97. The zero-order valence-electron chi connectivity index (χ0n) is 9.12. The van der Waals surface area contributed by atoms with Crippen molar-refractivity contribution in [2.45, 2.75) is 6.92 Å². The summed E-state index contributed by atoms with van der Waals surface area (Å²) in [5, 5.41) is 8.25. The zero-order chi connectivity index (χ0) is 11.8. The number of fused-ring (bicyclic) bond motifs is 1. The summed E-state index contributed by atoms with van der Waals surface area (Å²) in [6, 6.07) is 7.59. The van der Waals surface area contributed by atoms with Crippen molar-refractivity contribution in [1.29, 1.82) is 0 Å². The number of carbonyl (C=O) groups excluding carboxylic acids is 1. The van der Waals surface area contributed by atoms with Crippen LogP contribution in [0.4, 0.5) is 0 Å². The molecule has 0 aliphatic rings. The normalized spacial score (nSPS) is 10.9. The highest BCUT2D eigenvalue weighted by Gasteiger charge is 2.09. The van der Waals surface area contributed by atoms with Gasteiger partial charge in [0, 0.05) is 16.6 Å². The van der Waals surface area contributed by atoms with Crippen molar-refractivity contribution in [3.63, 3.8) is 0 Å². The minimum absolute atomic E-state index is 0.617. The summed E-state index contributed by atoms with van der Waals surface area (Å²) in [4.78, 5) is 13.1. The summed E-state index contributed by atoms with van der Waals surface area (Å²) in [5.41, 5.74) is 1.36. The maximum absolute atomic E-state index is 10.8. The summed E-state index contributed by atoms with van der Waals surface area (Å²) in [6.45, 7) is 2.05. The van der Waals surface area contributed by atoms with Crippen molar-refractivity contribution in [2.24, 2.45) is 0 Å². The fraction of sp³-hybridized carbons (Fsp3) is 0.0833. The summed E-state index contributed by atoms with van der Waals surface area (Å²) in [6.07, 6.45) is 2.58. The van der Waals surface area contributed by atoms with Crippen molar-refractivity contribution >= 4 is 23.3 Å². The van der Waals surface area contributed by atoms with E-state index < -0.39 is 0 Å². The third-order valence-electron chi connectivity index (χ3n) is 2.52. The van der Waals surface area contributed by atoms with Crippen molar-refractivity contribution < 1.29 is 4.79 Å². The van der Waals surface area contributed by atoms with Gasteiger partial charge in [0.25, 0.3) is 0 Å². The van der Waals surface area contributed by atoms with Crippen molar-refractivity contribution in [1.82, 2.24) is 14.6 Å². The van der Waals surface area contributed by atoms with Crippen molar-refractivity contribution in [3.8, 4) is 10.7 Å². The molecule has 3 aromatic heterocycles. The molecule has 0 saturated carbocycles. The second kappa shape index (κ2) is 3.78. The van der Waals surface area contributed by atoms with Gasteiger partial charge in [-0.05, 0) is 31.2 Å². The number of hydrogen-bond acceptors (Lipinski definition) is 4. The van der Waals surface area contributed by atoms with Gasteiger partial charge in [-0.25, -0.2) is 0 Å². The molecule has 0 spiro atoms. The molecule has 3 heterocycles. The number of hydrogen-bond donors (Lipinski definition) is 0. The Balaban J connectivity index is 2.26. The van der Waals surface area contributed by atoms with Gasteiger partial charge in [0.1, 0.15) is 0 Å². The largest absolute Gasteiger partial charge is 0.298 e. The minimum atomic E-state index is 0.617. The lowest BCUT2D eigenvalue weighted by Crippen LogP contribution is -1.90. The highest BCUT2D eigenvalue weighted by atomic mass is 32.1. The Morgan fingerprint density at radius 2 is 2.12 bits per heavy atom. The molecular formula is C12H9N3OS. The topological polar surface area (TPSA) is 47.3 Å². The summed E-state index contributed by atoms with van der Waals surface area (Å²) in [5.74, 6) is 0.779. The van der Waals surface area contributed by atoms with Gasteiger partial charge in [0.05, 0.1) is 4.88 Å². The third kappa shape index (κ3) is 1.64. The second-order valence-corrected chi connectivity index (χ2v) is 5.03. The number of thiophene rings is 1. The Kier molecular flexibility index (Phi) is 2.26. The number of aryl methyl sites for hydroxylation is 1. The highest BCUT2D eigenvalue weighted by Crippen LogP contribution is 2.26. The van der Waals surface area contributed by atoms with Crippen LogP contribution in [0.1, 0.15) is 15.2 Å². The molecule has 0 amide bonds. The first kappa shape index (κ1) is 10.2. The van der Waals surface area contributed by atoms with E-state index >= 15 is 0 Å². The predicted molar refractivity (Wildman–Crippen MR) is 66.4 cm³/mol. The van der Waals surface area contributed by atoms with E-state index in [0.717, 1.165) is 22.6 Å². The molecule has 0 atom stereocenters. The Hall–Kier alpha value is -2.01. The van der Waals surface area contributed by atoms with E-state index in [1.165, 1.54) is 4.88 Å². The lowest BCUT2D eigenvalue weighted by atomic mass is 10.3. The molecule has 0 aromatic carbocycles. The van der Waals surface area contributed by atoms with Crippen molar-refractivity contribution in [3.05, 3.63) is 40.9 Å². The van der Waals surface area contributed by atoms with Crippen LogP contribution in [0, 0.1) is 6.92 Å². The van der Waals surface area contributed by atoms with E-state index in [1.54, 1.807) is 29.7 Å². The first-order valence-corrected chi connectivity index (χ1v) is 5.96. The van der Waals surface area contributed by atoms with Crippen LogP contribution in [0.5, 0.6) is 0 Å². The predicted octanol–water partition coefficient (Wildman–Crippen LogP) is 2.58. The summed E-state index contributed by atoms with van der Waals surface area (Å²) < 4.78 is 1.84. The van der Waals surface area contributed by atoms with Gasteiger partial charge in [-0.2, -0.15) is 0 Å². The maximum atomic E-state index is 10.8. The monoisotopic (exact) mass is 243 g/mol. The van der Waals surface area contributed by atoms with Crippen LogP contribution in [0.3, 0.4) is 0 Å². The number of rotatable bonds is 2. The Labute approximate surface area is 102 Å². The third-order valence-corrected chi connectivity index (χ3v) is 3.52. The van der Waals surface area contributed by atoms with Crippen LogP contribution in [-0.4, -0.2) is 20.9 Å². The number of aromatic nitrogens is 3. The van der Waals surface area contributed by atoms with Gasteiger partial charge in [-0.1, -0.05) is 0 Å². The van der Waals surface area contributed by atoms with E-state index in [2.05, 4.69) is 10.2 Å². The molecule has 0 aliphatic carbocycles. The first-order valence-electron chi connectivity index (χ1n) is 5.15. The van der Waals surface area contributed by atoms with Crippen molar-refractivity contribution in [2.75, 3.05) is 0 Å². The number of pyridine rings is 1. The SMILES string of the molecule is Cc1ccc(-c2nnc3ccc(C=O)cn23)s1. The molecule has 17 heavy (non-hydrogen) atoms. The van der Waals surface area contributed by atoms with Gasteiger partial charge in [-0.3, -0.25) is 9.20 Å².